The van der Waals surface area contributed by atoms with Gasteiger partial charge in [-0.15, -0.1) is 11.6 Å². The van der Waals surface area contributed by atoms with Gasteiger partial charge >= 0.3 is 0 Å². The van der Waals surface area contributed by atoms with Crippen molar-refractivity contribution in [1.29, 1.82) is 0 Å². The van der Waals surface area contributed by atoms with E-state index < -0.39 is 40.9 Å². The minimum atomic E-state index is -1.67. The molecule has 1 fully saturated rings. The van der Waals surface area contributed by atoms with Crippen LogP contribution in [0.15, 0.2) is 84.9 Å². The second-order valence-electron chi connectivity index (χ2n) is 13.0. The van der Waals surface area contributed by atoms with Crippen LogP contribution in [-0.2, 0) is 16.0 Å². The fourth-order valence-corrected chi connectivity index (χ4v) is 6.20. The molecular formula is C37H40ClN3O5. The number of phenols is 1. The fraction of sp³-hybridized carbons (Fsp3) is 0.324. The van der Waals surface area contributed by atoms with E-state index >= 15 is 0 Å². The highest BCUT2D eigenvalue weighted by atomic mass is 35.5. The van der Waals surface area contributed by atoms with Crippen LogP contribution in [-0.4, -0.2) is 68.5 Å². The quantitative estimate of drug-likeness (QED) is 0.194. The Labute approximate surface area is 274 Å². The van der Waals surface area contributed by atoms with Gasteiger partial charge in [-0.25, -0.2) is 0 Å². The van der Waals surface area contributed by atoms with Crippen LogP contribution < -0.4 is 10.6 Å². The van der Waals surface area contributed by atoms with E-state index in [4.69, 9.17) is 11.6 Å². The molecule has 9 heteroatoms. The maximum Gasteiger partial charge on any atom is 0.254 e. The van der Waals surface area contributed by atoms with Crippen molar-refractivity contribution < 1.29 is 24.6 Å². The molecule has 1 saturated heterocycles. The van der Waals surface area contributed by atoms with Gasteiger partial charge in [0, 0.05) is 23.2 Å². The van der Waals surface area contributed by atoms with E-state index in [0.29, 0.717) is 5.56 Å². The number of nitrogens with one attached hydrogen (secondary N) is 2. The zero-order valence-corrected chi connectivity index (χ0v) is 27.2. The van der Waals surface area contributed by atoms with E-state index in [-0.39, 0.29) is 36.6 Å². The lowest BCUT2D eigenvalue weighted by Gasteiger charge is -2.32. The van der Waals surface area contributed by atoms with Gasteiger partial charge in [0.1, 0.15) is 11.8 Å². The van der Waals surface area contributed by atoms with Crippen molar-refractivity contribution in [3.63, 3.8) is 0 Å². The van der Waals surface area contributed by atoms with Gasteiger partial charge in [-0.05, 0) is 86.2 Å². The first-order chi connectivity index (χ1) is 21.8. The molecule has 46 heavy (non-hydrogen) atoms. The summed E-state index contributed by atoms with van der Waals surface area (Å²) in [4.78, 5) is 41.7. The molecule has 0 aliphatic carbocycles. The van der Waals surface area contributed by atoms with Crippen molar-refractivity contribution in [2.45, 2.75) is 69.6 Å². The second kappa shape index (κ2) is 13.5. The molecule has 0 unspecified atom stereocenters. The standard InChI is InChI=1S/C37H40ClN3O5/c1-22-29(10-7-11-32(22)42)34(44)39-30(33(43)36(46)41-21-28(38)20-31(41)35(45)40-37(2,3)4)18-23-12-14-25(15-13-23)27-17-16-24-8-5-6-9-26(24)19-27/h5-17,19,28,30-31,33,42-43H,18,20-21H2,1-4H3,(H,39,44)(H,40,45)/t28-,30-,31-,33-/m0/s1. The Hall–Kier alpha value is -4.40. The van der Waals surface area contributed by atoms with Crippen LogP contribution in [0.25, 0.3) is 21.9 Å². The molecule has 0 aromatic heterocycles. The number of fused-ring (bicyclic) bond motifs is 1. The summed E-state index contributed by atoms with van der Waals surface area (Å²) in [6.07, 6.45) is -1.29. The minimum absolute atomic E-state index is 0.0389. The Kier molecular flexibility index (Phi) is 9.70. The van der Waals surface area contributed by atoms with Crippen molar-refractivity contribution in [1.82, 2.24) is 15.5 Å². The summed E-state index contributed by atoms with van der Waals surface area (Å²) in [6, 6.07) is 24.9. The molecule has 5 rings (SSSR count). The van der Waals surface area contributed by atoms with E-state index in [9.17, 15) is 24.6 Å². The summed E-state index contributed by atoms with van der Waals surface area (Å²) in [5.41, 5.74) is 2.91. The predicted octanol–water partition coefficient (Wildman–Crippen LogP) is 5.35. The molecule has 4 aromatic carbocycles. The molecule has 1 aliphatic rings. The number of hydrogen-bond acceptors (Lipinski definition) is 5. The molecule has 4 N–H and O–H groups in total. The third-order valence-electron chi connectivity index (χ3n) is 8.33. The molecule has 4 aromatic rings. The Balaban J connectivity index is 1.41. The van der Waals surface area contributed by atoms with E-state index in [1.54, 1.807) is 19.1 Å². The van der Waals surface area contributed by atoms with Gasteiger partial charge in [0.2, 0.25) is 5.91 Å². The summed E-state index contributed by atoms with van der Waals surface area (Å²) in [6.45, 7) is 7.25. The van der Waals surface area contributed by atoms with Crippen LogP contribution in [0.4, 0.5) is 0 Å². The zero-order chi connectivity index (χ0) is 33.2. The number of alkyl halides is 1. The van der Waals surface area contributed by atoms with E-state index in [2.05, 4.69) is 41.0 Å². The third kappa shape index (κ3) is 7.52. The number of aromatic hydroxyl groups is 1. The number of rotatable bonds is 8. The van der Waals surface area contributed by atoms with Gasteiger partial charge in [0.05, 0.1) is 11.4 Å². The highest BCUT2D eigenvalue weighted by Gasteiger charge is 2.43. The van der Waals surface area contributed by atoms with Crippen molar-refractivity contribution in [3.05, 3.63) is 102 Å². The summed E-state index contributed by atoms with van der Waals surface area (Å²) in [5, 5.41) is 29.3. The maximum absolute atomic E-state index is 13.8. The van der Waals surface area contributed by atoms with Gasteiger partial charge in [-0.2, -0.15) is 0 Å². The number of benzene rings is 4. The van der Waals surface area contributed by atoms with Gasteiger partial charge in [-0.3, -0.25) is 14.4 Å². The largest absolute Gasteiger partial charge is 0.508 e. The number of likely N-dealkylation sites (tertiary alicyclic amines) is 1. The lowest BCUT2D eigenvalue weighted by atomic mass is 9.96. The average molecular weight is 642 g/mol. The molecule has 0 bridgehead atoms. The first-order valence-electron chi connectivity index (χ1n) is 15.4. The number of carbonyl (C=O) groups excluding carboxylic acids is 3. The molecule has 1 heterocycles. The molecule has 0 saturated carbocycles. The Morgan fingerprint density at radius 3 is 2.30 bits per heavy atom. The van der Waals surface area contributed by atoms with Crippen LogP contribution in [0, 0.1) is 6.92 Å². The monoisotopic (exact) mass is 641 g/mol. The van der Waals surface area contributed by atoms with Crippen LogP contribution in [0.2, 0.25) is 0 Å². The van der Waals surface area contributed by atoms with Crippen molar-refractivity contribution in [2.24, 2.45) is 0 Å². The molecule has 0 spiro atoms. The first-order valence-corrected chi connectivity index (χ1v) is 15.9. The van der Waals surface area contributed by atoms with Crippen LogP contribution in [0.5, 0.6) is 5.75 Å². The topological polar surface area (TPSA) is 119 Å². The predicted molar refractivity (Wildman–Crippen MR) is 181 cm³/mol. The molecular weight excluding hydrogens is 602 g/mol. The van der Waals surface area contributed by atoms with Gasteiger partial charge in [0.15, 0.2) is 6.10 Å². The Bertz CT molecular complexity index is 1750. The van der Waals surface area contributed by atoms with Gasteiger partial charge in [-0.1, -0.05) is 66.7 Å². The normalized spacial score (nSPS) is 17.8. The fourth-order valence-electron chi connectivity index (χ4n) is 5.89. The number of amides is 3. The number of aliphatic hydroxyl groups is 1. The number of halogens is 1. The molecule has 4 atom stereocenters. The summed E-state index contributed by atoms with van der Waals surface area (Å²) >= 11 is 6.42. The van der Waals surface area contributed by atoms with Crippen LogP contribution in [0.3, 0.4) is 0 Å². The number of phenolic OH excluding ortho intramolecular Hbond substituents is 1. The van der Waals surface area contributed by atoms with E-state index in [1.165, 1.54) is 11.0 Å². The molecule has 240 valence electrons. The third-order valence-corrected chi connectivity index (χ3v) is 8.64. The van der Waals surface area contributed by atoms with Crippen molar-refractivity contribution in [2.75, 3.05) is 6.54 Å². The number of hydrogen-bond donors (Lipinski definition) is 4. The molecule has 1 aliphatic heterocycles. The molecule has 8 nitrogen and oxygen atoms in total. The SMILES string of the molecule is Cc1c(O)cccc1C(=O)N[C@@H](Cc1ccc(-c2ccc3ccccc3c2)cc1)[C@H](O)C(=O)N1C[C@@H](Cl)C[C@H]1C(=O)NC(C)(C)C. The van der Waals surface area contributed by atoms with E-state index in [1.807, 2.05) is 57.2 Å². The van der Waals surface area contributed by atoms with Crippen LogP contribution in [0.1, 0.15) is 48.7 Å². The van der Waals surface area contributed by atoms with Crippen LogP contribution >= 0.6 is 11.6 Å². The van der Waals surface area contributed by atoms with Crippen molar-refractivity contribution in [3.8, 4) is 16.9 Å². The van der Waals surface area contributed by atoms with Gasteiger partial charge < -0.3 is 25.7 Å². The van der Waals surface area contributed by atoms with E-state index in [0.717, 1.165) is 27.5 Å². The second-order valence-corrected chi connectivity index (χ2v) is 13.6. The molecule has 3 amide bonds. The smallest absolute Gasteiger partial charge is 0.254 e. The lowest BCUT2D eigenvalue weighted by molar-refractivity contribution is -0.146. The maximum atomic E-state index is 13.8. The Morgan fingerprint density at radius 2 is 1.61 bits per heavy atom. The summed E-state index contributed by atoms with van der Waals surface area (Å²) in [7, 11) is 0. The average Bonchev–Trinajstić information content (AvgIpc) is 3.42. The Morgan fingerprint density at radius 1 is 0.935 bits per heavy atom. The highest BCUT2D eigenvalue weighted by molar-refractivity contribution is 6.21. The molecule has 0 radical (unpaired) electrons. The zero-order valence-electron chi connectivity index (χ0n) is 26.5. The summed E-state index contributed by atoms with van der Waals surface area (Å²) in [5.74, 6) is -1.63. The number of aliphatic hydroxyl groups excluding tert-OH is 1. The lowest BCUT2D eigenvalue weighted by Crippen LogP contribution is -2.57. The van der Waals surface area contributed by atoms with Gasteiger partial charge in [0.25, 0.3) is 11.8 Å². The summed E-state index contributed by atoms with van der Waals surface area (Å²) < 4.78 is 0. The number of nitrogens with zero attached hydrogens (tertiary/aromatic N) is 1. The highest BCUT2D eigenvalue weighted by Crippen LogP contribution is 2.27. The van der Waals surface area contributed by atoms with Crippen molar-refractivity contribution >= 4 is 40.1 Å². The first kappa shape index (κ1) is 33.0. The minimum Gasteiger partial charge on any atom is -0.508 e. The number of carbonyl (C=O) groups is 3.